The van der Waals surface area contributed by atoms with E-state index in [-0.39, 0.29) is 12.0 Å². The molecular weight excluding hydrogens is 300 g/mol. The van der Waals surface area contributed by atoms with Crippen molar-refractivity contribution in [2.45, 2.75) is 58.0 Å². The average molecular weight is 332 g/mol. The van der Waals surface area contributed by atoms with Gasteiger partial charge in [-0.25, -0.2) is 0 Å². The molecule has 0 aliphatic carbocycles. The van der Waals surface area contributed by atoms with E-state index >= 15 is 0 Å². The fraction of sp³-hybridized carbons (Fsp3) is 0.650. The lowest BCUT2D eigenvalue weighted by molar-refractivity contribution is -0.122. The van der Waals surface area contributed by atoms with Crippen molar-refractivity contribution >= 4 is 5.91 Å². The third-order valence-electron chi connectivity index (χ3n) is 4.77. The average Bonchev–Trinajstić information content (AvgIpc) is 2.61. The van der Waals surface area contributed by atoms with Gasteiger partial charge in [0.2, 0.25) is 5.91 Å². The number of aryl methyl sites for hydroxylation is 1. The predicted octanol–water partition coefficient (Wildman–Crippen LogP) is 3.49. The van der Waals surface area contributed by atoms with Crippen LogP contribution in [0.15, 0.2) is 24.3 Å². The number of nitrogens with two attached hydrogens (primary N) is 1. The van der Waals surface area contributed by atoms with E-state index in [0.29, 0.717) is 18.9 Å². The van der Waals surface area contributed by atoms with Crippen LogP contribution in [0.2, 0.25) is 0 Å². The van der Waals surface area contributed by atoms with Gasteiger partial charge in [0.1, 0.15) is 0 Å². The zero-order chi connectivity index (χ0) is 17.2. The first kappa shape index (κ1) is 18.9. The second-order valence-corrected chi connectivity index (χ2v) is 6.86. The van der Waals surface area contributed by atoms with E-state index in [1.54, 1.807) is 0 Å². The summed E-state index contributed by atoms with van der Waals surface area (Å²) < 4.78 is 6.01. The number of carbonyl (C=O) groups is 1. The highest BCUT2D eigenvalue weighted by Crippen LogP contribution is 2.33. The maximum atomic E-state index is 12.0. The molecule has 3 N–H and O–H groups in total. The Balaban J connectivity index is 1.76. The highest BCUT2D eigenvalue weighted by molar-refractivity contribution is 5.75. The summed E-state index contributed by atoms with van der Waals surface area (Å²) in [6.07, 6.45) is 7.11. The van der Waals surface area contributed by atoms with Crippen molar-refractivity contribution in [1.29, 1.82) is 0 Å². The molecule has 0 bridgehead atoms. The van der Waals surface area contributed by atoms with Gasteiger partial charge in [-0.15, -0.1) is 0 Å². The molecule has 1 aromatic carbocycles. The highest BCUT2D eigenvalue weighted by Gasteiger charge is 2.27. The molecule has 134 valence electrons. The second kappa shape index (κ2) is 10.5. The van der Waals surface area contributed by atoms with E-state index in [0.717, 1.165) is 51.7 Å². The molecule has 0 spiro atoms. The Morgan fingerprint density at radius 2 is 1.96 bits per heavy atom. The van der Waals surface area contributed by atoms with Crippen LogP contribution < -0.4 is 11.1 Å². The van der Waals surface area contributed by atoms with Gasteiger partial charge >= 0.3 is 0 Å². The summed E-state index contributed by atoms with van der Waals surface area (Å²) in [7, 11) is 0. The Morgan fingerprint density at radius 1 is 1.21 bits per heavy atom. The minimum atomic E-state index is 0.101. The fourth-order valence-corrected chi connectivity index (χ4v) is 3.29. The number of unbranched alkanes of at least 4 members (excludes halogenated alkanes) is 3. The zero-order valence-corrected chi connectivity index (χ0v) is 14.9. The Kier molecular flexibility index (Phi) is 8.26. The molecule has 2 unspecified atom stereocenters. The molecule has 1 aliphatic rings. The number of nitrogens with one attached hydrogen (secondary N) is 1. The predicted molar refractivity (Wildman–Crippen MR) is 97.7 cm³/mol. The summed E-state index contributed by atoms with van der Waals surface area (Å²) in [6, 6.07) is 8.56. The first-order valence-electron chi connectivity index (χ1n) is 9.35. The first-order valence-corrected chi connectivity index (χ1v) is 9.35. The van der Waals surface area contributed by atoms with Crippen LogP contribution in [-0.2, 0) is 9.53 Å². The minimum absolute atomic E-state index is 0.101. The number of carbonyl (C=O) groups excluding carboxylic acids is 1. The van der Waals surface area contributed by atoms with Crippen LogP contribution in [0.1, 0.15) is 62.2 Å². The van der Waals surface area contributed by atoms with Gasteiger partial charge in [-0.1, -0.05) is 42.7 Å². The Labute approximate surface area is 146 Å². The monoisotopic (exact) mass is 332 g/mol. The Morgan fingerprint density at radius 3 is 2.71 bits per heavy atom. The van der Waals surface area contributed by atoms with Gasteiger partial charge in [-0.2, -0.15) is 0 Å². The van der Waals surface area contributed by atoms with E-state index in [4.69, 9.17) is 10.5 Å². The molecule has 4 heteroatoms. The highest BCUT2D eigenvalue weighted by atomic mass is 16.5. The number of ether oxygens (including phenoxy) is 1. The molecule has 0 aromatic heterocycles. The van der Waals surface area contributed by atoms with Gasteiger partial charge in [0.15, 0.2) is 0 Å². The smallest absolute Gasteiger partial charge is 0.220 e. The van der Waals surface area contributed by atoms with Crippen LogP contribution in [0.4, 0.5) is 0 Å². The summed E-state index contributed by atoms with van der Waals surface area (Å²) in [5, 5.41) is 3.11. The summed E-state index contributed by atoms with van der Waals surface area (Å²) in [4.78, 5) is 12.0. The van der Waals surface area contributed by atoms with E-state index in [1.165, 1.54) is 11.1 Å². The normalized spacial score (nSPS) is 20.8. The topological polar surface area (TPSA) is 64.3 Å². The molecule has 2 atom stereocenters. The first-order chi connectivity index (χ1) is 11.7. The molecule has 4 nitrogen and oxygen atoms in total. The standard InChI is InChI=1S/C20H32N2O2/c1-16-9-11-17(12-10-16)20-18(7-6-14-24-20)15-22-19(23)8-4-2-3-5-13-21/h9-12,18,20H,2-8,13-15,21H2,1H3,(H,22,23). The number of hydrogen-bond acceptors (Lipinski definition) is 3. The van der Waals surface area contributed by atoms with E-state index in [1.807, 2.05) is 0 Å². The third kappa shape index (κ3) is 6.25. The van der Waals surface area contributed by atoms with E-state index in [9.17, 15) is 4.79 Å². The maximum absolute atomic E-state index is 12.0. The number of hydrogen-bond donors (Lipinski definition) is 2. The van der Waals surface area contributed by atoms with Gasteiger partial charge in [0, 0.05) is 25.5 Å². The van der Waals surface area contributed by atoms with Crippen LogP contribution in [-0.4, -0.2) is 25.6 Å². The van der Waals surface area contributed by atoms with Crippen molar-refractivity contribution in [3.8, 4) is 0 Å². The third-order valence-corrected chi connectivity index (χ3v) is 4.77. The Bertz CT molecular complexity index is 487. The van der Waals surface area contributed by atoms with Crippen molar-refractivity contribution in [3.63, 3.8) is 0 Å². The van der Waals surface area contributed by atoms with Crippen molar-refractivity contribution < 1.29 is 9.53 Å². The number of benzene rings is 1. The van der Waals surface area contributed by atoms with Crippen molar-refractivity contribution in [3.05, 3.63) is 35.4 Å². The SMILES string of the molecule is Cc1ccc(C2OCCCC2CNC(=O)CCCCCCN)cc1. The summed E-state index contributed by atoms with van der Waals surface area (Å²) in [5.41, 5.74) is 7.96. The van der Waals surface area contributed by atoms with Crippen LogP contribution >= 0.6 is 0 Å². The molecular formula is C20H32N2O2. The summed E-state index contributed by atoms with van der Waals surface area (Å²) >= 11 is 0. The lowest BCUT2D eigenvalue weighted by Gasteiger charge is -2.32. The second-order valence-electron chi connectivity index (χ2n) is 6.86. The van der Waals surface area contributed by atoms with Crippen LogP contribution in [0.5, 0.6) is 0 Å². The molecule has 1 aromatic rings. The molecule has 1 aliphatic heterocycles. The number of rotatable bonds is 9. The van der Waals surface area contributed by atoms with Gasteiger partial charge in [-0.3, -0.25) is 4.79 Å². The largest absolute Gasteiger partial charge is 0.373 e. The molecule has 1 amide bonds. The molecule has 1 fully saturated rings. The molecule has 2 rings (SSSR count). The molecule has 1 heterocycles. The number of amides is 1. The van der Waals surface area contributed by atoms with Gasteiger partial charge in [0.05, 0.1) is 6.10 Å². The fourth-order valence-electron chi connectivity index (χ4n) is 3.29. The quantitative estimate of drug-likeness (QED) is 0.680. The summed E-state index contributed by atoms with van der Waals surface area (Å²) in [6.45, 7) is 4.36. The lowest BCUT2D eigenvalue weighted by Crippen LogP contribution is -2.35. The van der Waals surface area contributed by atoms with Crippen LogP contribution in [0, 0.1) is 12.8 Å². The Hall–Kier alpha value is -1.39. The van der Waals surface area contributed by atoms with E-state index < -0.39 is 0 Å². The van der Waals surface area contributed by atoms with Crippen LogP contribution in [0.25, 0.3) is 0 Å². The molecule has 24 heavy (non-hydrogen) atoms. The molecule has 0 saturated carbocycles. The maximum Gasteiger partial charge on any atom is 0.220 e. The zero-order valence-electron chi connectivity index (χ0n) is 14.9. The lowest BCUT2D eigenvalue weighted by atomic mass is 9.89. The van der Waals surface area contributed by atoms with Gasteiger partial charge in [-0.05, 0) is 44.7 Å². The molecule has 1 saturated heterocycles. The van der Waals surface area contributed by atoms with Gasteiger partial charge < -0.3 is 15.8 Å². The van der Waals surface area contributed by atoms with E-state index in [2.05, 4.69) is 36.5 Å². The van der Waals surface area contributed by atoms with Crippen molar-refractivity contribution in [2.24, 2.45) is 11.7 Å². The minimum Gasteiger partial charge on any atom is -0.373 e. The van der Waals surface area contributed by atoms with Gasteiger partial charge in [0.25, 0.3) is 0 Å². The van der Waals surface area contributed by atoms with Crippen molar-refractivity contribution in [2.75, 3.05) is 19.7 Å². The van der Waals surface area contributed by atoms with Crippen LogP contribution in [0.3, 0.4) is 0 Å². The summed E-state index contributed by atoms with van der Waals surface area (Å²) in [5.74, 6) is 0.527. The van der Waals surface area contributed by atoms with Crippen molar-refractivity contribution in [1.82, 2.24) is 5.32 Å². The molecule has 0 radical (unpaired) electrons.